The lowest BCUT2D eigenvalue weighted by Crippen LogP contribution is -2.19. The minimum Gasteiger partial charge on any atom is -0.433 e. The number of rotatable bonds is 9. The maximum Gasteiger partial charge on any atom is 0.387 e. The molecule has 0 aliphatic heterocycles. The number of carbonyl (C=O) groups is 1. The van der Waals surface area contributed by atoms with Crippen LogP contribution in [0.5, 0.6) is 5.75 Å². The van der Waals surface area contributed by atoms with Gasteiger partial charge in [-0.1, -0.05) is 36.7 Å². The zero-order chi connectivity index (χ0) is 19.1. The van der Waals surface area contributed by atoms with Crippen LogP contribution in [0, 0.1) is 0 Å². The Hall–Kier alpha value is -2.07. The summed E-state index contributed by atoms with van der Waals surface area (Å²) in [6.07, 6.45) is 1.75. The average Bonchev–Trinajstić information content (AvgIpc) is 2.93. The van der Waals surface area contributed by atoms with Gasteiger partial charge in [0.2, 0.25) is 5.91 Å². The lowest BCUT2D eigenvalue weighted by molar-refractivity contribution is -0.113. The third kappa shape index (κ3) is 5.73. The highest BCUT2D eigenvalue weighted by Crippen LogP contribution is 2.29. The van der Waals surface area contributed by atoms with Crippen LogP contribution in [0.2, 0.25) is 5.02 Å². The Kier molecular flexibility index (Phi) is 7.46. The van der Waals surface area contributed by atoms with E-state index in [4.69, 9.17) is 11.6 Å². The molecule has 0 atom stereocenters. The molecular formula is C15H17ClF2N4O3S. The molecule has 0 saturated heterocycles. The fourth-order valence-corrected chi connectivity index (χ4v) is 3.02. The highest BCUT2D eigenvalue weighted by molar-refractivity contribution is 7.99. The van der Waals surface area contributed by atoms with E-state index in [9.17, 15) is 18.4 Å². The predicted molar refractivity (Wildman–Crippen MR) is 95.2 cm³/mol. The standard InChI is InChI=1S/C15H17ClF2N4O3S/c1-2-3-6-22-14(24)20-21-15(22)26-8-12(23)19-9-4-5-11(10(16)7-9)25-13(17)18/h4-5,7,13H,2-3,6,8H2,1H3,(H,19,23)(H,20,24). The number of anilines is 1. The number of H-pyrrole nitrogens is 1. The van der Waals surface area contributed by atoms with E-state index in [1.54, 1.807) is 0 Å². The van der Waals surface area contributed by atoms with E-state index in [1.807, 2.05) is 6.92 Å². The van der Waals surface area contributed by atoms with Crippen LogP contribution in [-0.4, -0.2) is 33.0 Å². The number of thioether (sulfide) groups is 1. The predicted octanol–water partition coefficient (Wildman–Crippen LogP) is 3.36. The molecular weight excluding hydrogens is 390 g/mol. The van der Waals surface area contributed by atoms with Gasteiger partial charge in [-0.05, 0) is 24.6 Å². The molecule has 0 fully saturated rings. The maximum absolute atomic E-state index is 12.2. The number of nitrogens with one attached hydrogen (secondary N) is 2. The molecule has 0 aliphatic carbocycles. The Balaban J connectivity index is 1.93. The Bertz CT molecular complexity index is 812. The van der Waals surface area contributed by atoms with E-state index >= 15 is 0 Å². The van der Waals surface area contributed by atoms with Crippen molar-refractivity contribution in [2.75, 3.05) is 11.1 Å². The summed E-state index contributed by atoms with van der Waals surface area (Å²) in [5, 5.41) is 9.24. The van der Waals surface area contributed by atoms with Crippen molar-refractivity contribution in [3.05, 3.63) is 33.7 Å². The summed E-state index contributed by atoms with van der Waals surface area (Å²) in [7, 11) is 0. The second-order valence-electron chi connectivity index (χ2n) is 5.18. The van der Waals surface area contributed by atoms with Crippen molar-refractivity contribution >= 4 is 35.0 Å². The second-order valence-corrected chi connectivity index (χ2v) is 6.53. The van der Waals surface area contributed by atoms with E-state index in [2.05, 4.69) is 20.3 Å². The van der Waals surface area contributed by atoms with E-state index in [-0.39, 0.29) is 28.1 Å². The molecule has 142 valence electrons. The number of aromatic amines is 1. The Morgan fingerprint density at radius 2 is 2.27 bits per heavy atom. The van der Waals surface area contributed by atoms with Crippen LogP contribution in [0.1, 0.15) is 19.8 Å². The zero-order valence-corrected chi connectivity index (χ0v) is 15.4. The van der Waals surface area contributed by atoms with Crippen molar-refractivity contribution in [3.63, 3.8) is 0 Å². The Morgan fingerprint density at radius 1 is 1.50 bits per heavy atom. The summed E-state index contributed by atoms with van der Waals surface area (Å²) in [5.74, 6) is -0.514. The summed E-state index contributed by atoms with van der Waals surface area (Å²) in [4.78, 5) is 23.7. The van der Waals surface area contributed by atoms with E-state index in [0.29, 0.717) is 17.4 Å². The molecule has 0 bridgehead atoms. The van der Waals surface area contributed by atoms with Crippen LogP contribution in [0.4, 0.5) is 14.5 Å². The van der Waals surface area contributed by atoms with Crippen molar-refractivity contribution in [3.8, 4) is 5.75 Å². The first-order chi connectivity index (χ1) is 12.4. The number of nitrogens with zero attached hydrogens (tertiary/aromatic N) is 2. The normalized spacial score (nSPS) is 11.0. The number of halogens is 3. The van der Waals surface area contributed by atoms with Gasteiger partial charge in [0, 0.05) is 12.2 Å². The number of hydrogen-bond donors (Lipinski definition) is 2. The fraction of sp³-hybridized carbons (Fsp3) is 0.400. The van der Waals surface area contributed by atoms with Crippen LogP contribution < -0.4 is 15.7 Å². The molecule has 7 nitrogen and oxygen atoms in total. The molecule has 11 heteroatoms. The first-order valence-electron chi connectivity index (χ1n) is 7.73. The highest BCUT2D eigenvalue weighted by atomic mass is 35.5. The molecule has 1 aromatic carbocycles. The molecule has 0 radical (unpaired) electrons. The average molecular weight is 407 g/mol. The van der Waals surface area contributed by atoms with Crippen molar-refractivity contribution in [2.45, 2.75) is 38.1 Å². The first kappa shape index (κ1) is 20.2. The van der Waals surface area contributed by atoms with Gasteiger partial charge >= 0.3 is 12.3 Å². The smallest absolute Gasteiger partial charge is 0.387 e. The van der Waals surface area contributed by atoms with Gasteiger partial charge in [0.15, 0.2) is 5.16 Å². The Labute approximate surface area is 157 Å². The number of ether oxygens (including phenoxy) is 1. The Morgan fingerprint density at radius 3 is 2.92 bits per heavy atom. The van der Waals surface area contributed by atoms with Crippen molar-refractivity contribution < 1.29 is 18.3 Å². The van der Waals surface area contributed by atoms with Gasteiger partial charge in [-0.2, -0.15) is 8.78 Å². The number of hydrogen-bond acceptors (Lipinski definition) is 5. The third-order valence-corrected chi connectivity index (χ3v) is 4.49. The molecule has 0 aliphatic rings. The molecule has 1 heterocycles. The molecule has 1 amide bonds. The SMILES string of the molecule is CCCCn1c(SCC(=O)Nc2ccc(OC(F)F)c(Cl)c2)n[nH]c1=O. The summed E-state index contributed by atoms with van der Waals surface area (Å²) in [6.45, 7) is -0.450. The molecule has 2 rings (SSSR count). The molecule has 0 saturated carbocycles. The van der Waals surface area contributed by atoms with Gasteiger partial charge in [0.05, 0.1) is 10.8 Å². The molecule has 0 spiro atoms. The molecule has 26 heavy (non-hydrogen) atoms. The van der Waals surface area contributed by atoms with Crippen molar-refractivity contribution in [1.29, 1.82) is 0 Å². The number of carbonyl (C=O) groups excluding carboxylic acids is 1. The summed E-state index contributed by atoms with van der Waals surface area (Å²) < 4.78 is 30.1. The van der Waals surface area contributed by atoms with Crippen LogP contribution in [-0.2, 0) is 11.3 Å². The molecule has 0 unspecified atom stereocenters. The van der Waals surface area contributed by atoms with Crippen molar-refractivity contribution in [2.24, 2.45) is 0 Å². The zero-order valence-electron chi connectivity index (χ0n) is 13.8. The lowest BCUT2D eigenvalue weighted by atomic mass is 10.3. The maximum atomic E-state index is 12.2. The molecule has 2 N–H and O–H groups in total. The molecule has 1 aromatic heterocycles. The van der Waals surface area contributed by atoms with E-state index in [0.717, 1.165) is 24.6 Å². The highest BCUT2D eigenvalue weighted by Gasteiger charge is 2.13. The minimum absolute atomic E-state index is 0.0172. The summed E-state index contributed by atoms with van der Waals surface area (Å²) in [5.41, 5.74) is 0.0235. The quantitative estimate of drug-likeness (QED) is 0.623. The monoisotopic (exact) mass is 406 g/mol. The number of alkyl halides is 2. The van der Waals surface area contributed by atoms with Crippen LogP contribution >= 0.6 is 23.4 Å². The largest absolute Gasteiger partial charge is 0.433 e. The number of amides is 1. The van der Waals surface area contributed by atoms with E-state index in [1.165, 1.54) is 22.8 Å². The van der Waals surface area contributed by atoms with Gasteiger partial charge in [-0.15, -0.1) is 5.10 Å². The fourth-order valence-electron chi connectivity index (χ4n) is 2.02. The minimum atomic E-state index is -2.98. The van der Waals surface area contributed by atoms with Crippen LogP contribution in [0.3, 0.4) is 0 Å². The topological polar surface area (TPSA) is 89.0 Å². The second kappa shape index (κ2) is 9.58. The van der Waals surface area contributed by atoms with Crippen molar-refractivity contribution in [1.82, 2.24) is 14.8 Å². The van der Waals surface area contributed by atoms with E-state index < -0.39 is 6.61 Å². The van der Waals surface area contributed by atoms with Crippen LogP contribution in [0.25, 0.3) is 0 Å². The van der Waals surface area contributed by atoms with Crippen LogP contribution in [0.15, 0.2) is 28.2 Å². The van der Waals surface area contributed by atoms with Gasteiger partial charge < -0.3 is 10.1 Å². The number of aromatic nitrogens is 3. The van der Waals surface area contributed by atoms with Gasteiger partial charge in [-0.3, -0.25) is 9.36 Å². The summed E-state index contributed by atoms with van der Waals surface area (Å²) >= 11 is 6.95. The first-order valence-corrected chi connectivity index (χ1v) is 9.09. The lowest BCUT2D eigenvalue weighted by Gasteiger charge is -2.09. The number of unbranched alkanes of at least 4 members (excludes halogenated alkanes) is 1. The number of benzene rings is 1. The van der Waals surface area contributed by atoms with Gasteiger partial charge in [-0.25, -0.2) is 9.89 Å². The third-order valence-electron chi connectivity index (χ3n) is 3.22. The van der Waals surface area contributed by atoms with Gasteiger partial charge in [0.25, 0.3) is 0 Å². The molecule has 2 aromatic rings. The summed E-state index contributed by atoms with van der Waals surface area (Å²) in [6, 6.07) is 3.96. The van der Waals surface area contributed by atoms with Gasteiger partial charge in [0.1, 0.15) is 5.75 Å².